The van der Waals surface area contributed by atoms with Crippen LogP contribution in [0.5, 0.6) is 0 Å². The predicted octanol–water partition coefficient (Wildman–Crippen LogP) is 0.217. The second-order valence-corrected chi connectivity index (χ2v) is 4.08. The van der Waals surface area contributed by atoms with Gasteiger partial charge in [-0.15, -0.1) is 0 Å². The second-order valence-electron chi connectivity index (χ2n) is 2.02. The summed E-state index contributed by atoms with van der Waals surface area (Å²) in [6.45, 7) is 1.63. The van der Waals surface area contributed by atoms with E-state index >= 15 is 0 Å². The van der Waals surface area contributed by atoms with Crippen LogP contribution in [0.25, 0.3) is 0 Å². The van der Waals surface area contributed by atoms with Crippen molar-refractivity contribution in [2.45, 2.75) is 6.10 Å². The van der Waals surface area contributed by atoms with Gasteiger partial charge in [0.2, 0.25) is 0 Å². The van der Waals surface area contributed by atoms with Crippen LogP contribution in [0.15, 0.2) is 0 Å². The van der Waals surface area contributed by atoms with E-state index in [1.54, 1.807) is 0 Å². The first-order valence-electron chi connectivity index (χ1n) is 2.65. The molecule has 0 aliphatic carbocycles. The van der Waals surface area contributed by atoms with Gasteiger partial charge in [-0.05, 0) is 0 Å². The van der Waals surface area contributed by atoms with Crippen LogP contribution in [0.3, 0.4) is 0 Å². The molecular formula is C4H9O4P. The fourth-order valence-electron chi connectivity index (χ4n) is 0.528. The van der Waals surface area contributed by atoms with Crippen LogP contribution in [0.2, 0.25) is 0 Å². The third-order valence-electron chi connectivity index (χ3n) is 1.00. The lowest BCUT2D eigenvalue weighted by Gasteiger charge is -2.22. The molecule has 0 bridgehead atoms. The summed E-state index contributed by atoms with van der Waals surface area (Å²) in [5.41, 5.74) is 0. The molecule has 1 aliphatic heterocycles. The van der Waals surface area contributed by atoms with E-state index in [0.717, 1.165) is 0 Å². The van der Waals surface area contributed by atoms with Crippen molar-refractivity contribution in [1.29, 1.82) is 0 Å². The van der Waals surface area contributed by atoms with Crippen LogP contribution in [-0.4, -0.2) is 31.1 Å². The Morgan fingerprint density at radius 3 is 2.33 bits per heavy atom. The molecule has 9 heavy (non-hydrogen) atoms. The fourth-order valence-corrected chi connectivity index (χ4v) is 1.49. The third kappa shape index (κ3) is 2.06. The zero-order chi connectivity index (χ0) is 6.91. The van der Waals surface area contributed by atoms with Gasteiger partial charge in [0.1, 0.15) is 6.10 Å². The molecule has 1 heterocycles. The van der Waals surface area contributed by atoms with Crippen molar-refractivity contribution in [2.24, 2.45) is 0 Å². The predicted molar refractivity (Wildman–Crippen MR) is 31.4 cm³/mol. The molecule has 0 atom stereocenters. The minimum Gasteiger partial charge on any atom is -0.388 e. The molecule has 1 aliphatic rings. The standard InChI is InChI=1S/C4H9O4P/c1-9(6)7-2-4(5)3-8-9/h4-5H,2-3H2,1H3. The van der Waals surface area contributed by atoms with Crippen molar-refractivity contribution >= 4 is 7.60 Å². The highest BCUT2D eigenvalue weighted by molar-refractivity contribution is 7.53. The number of aliphatic hydroxyl groups is 1. The summed E-state index contributed by atoms with van der Waals surface area (Å²) in [6.07, 6.45) is -0.618. The van der Waals surface area contributed by atoms with Gasteiger partial charge >= 0.3 is 7.60 Å². The number of aliphatic hydroxyl groups excluding tert-OH is 1. The summed E-state index contributed by atoms with van der Waals surface area (Å²) < 4.78 is 20.1. The van der Waals surface area contributed by atoms with Crippen molar-refractivity contribution in [3.63, 3.8) is 0 Å². The maximum Gasteiger partial charge on any atom is 0.327 e. The Hall–Kier alpha value is 0.110. The molecule has 0 aromatic rings. The lowest BCUT2D eigenvalue weighted by molar-refractivity contribution is 0.0170. The van der Waals surface area contributed by atoms with E-state index in [-0.39, 0.29) is 13.2 Å². The average molecular weight is 152 g/mol. The van der Waals surface area contributed by atoms with E-state index in [4.69, 9.17) is 5.11 Å². The molecule has 1 saturated heterocycles. The Kier molecular flexibility index (Phi) is 1.91. The summed E-state index contributed by atoms with van der Waals surface area (Å²) in [5, 5.41) is 8.77. The van der Waals surface area contributed by atoms with Crippen LogP contribution in [0.1, 0.15) is 0 Å². The number of hydrogen-bond donors (Lipinski definition) is 1. The van der Waals surface area contributed by atoms with Crippen LogP contribution in [0, 0.1) is 0 Å². The minimum atomic E-state index is -2.78. The topological polar surface area (TPSA) is 55.8 Å². The Bertz CT molecular complexity index is 134. The number of rotatable bonds is 0. The monoisotopic (exact) mass is 152 g/mol. The molecule has 5 heteroatoms. The summed E-state index contributed by atoms with van der Waals surface area (Å²) in [5.74, 6) is 0. The molecule has 1 N–H and O–H groups in total. The molecule has 0 amide bonds. The smallest absolute Gasteiger partial charge is 0.327 e. The Labute approximate surface area is 53.3 Å². The normalized spacial score (nSPS) is 44.9. The van der Waals surface area contributed by atoms with Crippen LogP contribution in [0.4, 0.5) is 0 Å². The van der Waals surface area contributed by atoms with E-state index in [9.17, 15) is 4.57 Å². The molecule has 1 fully saturated rings. The lowest BCUT2D eigenvalue weighted by atomic mass is 10.4. The van der Waals surface area contributed by atoms with Gasteiger partial charge in [0, 0.05) is 6.66 Å². The van der Waals surface area contributed by atoms with Gasteiger partial charge in [0.25, 0.3) is 0 Å². The van der Waals surface area contributed by atoms with Gasteiger partial charge < -0.3 is 14.2 Å². The van der Waals surface area contributed by atoms with E-state index in [0.29, 0.717) is 0 Å². The van der Waals surface area contributed by atoms with Gasteiger partial charge in [0.05, 0.1) is 13.2 Å². The highest BCUT2D eigenvalue weighted by Gasteiger charge is 2.25. The van der Waals surface area contributed by atoms with E-state index in [2.05, 4.69) is 9.05 Å². The molecular weight excluding hydrogens is 143 g/mol. The maximum absolute atomic E-state index is 10.8. The average Bonchev–Trinajstić information content (AvgIpc) is 1.78. The fraction of sp³-hybridized carbons (Fsp3) is 1.00. The van der Waals surface area contributed by atoms with Gasteiger partial charge in [-0.25, -0.2) is 0 Å². The van der Waals surface area contributed by atoms with Crippen molar-refractivity contribution in [3.05, 3.63) is 0 Å². The Balaban J connectivity index is 2.44. The minimum absolute atomic E-state index is 0.119. The largest absolute Gasteiger partial charge is 0.388 e. The quantitative estimate of drug-likeness (QED) is 0.504. The van der Waals surface area contributed by atoms with Gasteiger partial charge in [-0.3, -0.25) is 4.57 Å². The van der Waals surface area contributed by atoms with Crippen LogP contribution >= 0.6 is 7.60 Å². The first kappa shape index (κ1) is 7.22. The molecule has 0 aromatic carbocycles. The first-order valence-corrected chi connectivity index (χ1v) is 4.64. The second kappa shape index (κ2) is 2.39. The maximum atomic E-state index is 10.8. The molecule has 0 aromatic heterocycles. The number of hydrogen-bond acceptors (Lipinski definition) is 4. The SMILES string of the molecule is CP1(=O)OCC(O)CO1. The lowest BCUT2D eigenvalue weighted by Crippen LogP contribution is -2.25. The Morgan fingerprint density at radius 1 is 1.56 bits per heavy atom. The molecule has 0 saturated carbocycles. The van der Waals surface area contributed by atoms with Gasteiger partial charge in [-0.1, -0.05) is 0 Å². The molecule has 4 nitrogen and oxygen atoms in total. The summed E-state index contributed by atoms with van der Waals surface area (Å²) in [4.78, 5) is 0. The van der Waals surface area contributed by atoms with Crippen molar-refractivity contribution in [1.82, 2.24) is 0 Å². The van der Waals surface area contributed by atoms with Crippen molar-refractivity contribution < 1.29 is 18.7 Å². The molecule has 0 spiro atoms. The van der Waals surface area contributed by atoms with Gasteiger partial charge in [0.15, 0.2) is 0 Å². The summed E-state index contributed by atoms with van der Waals surface area (Å²) in [6, 6.07) is 0. The van der Waals surface area contributed by atoms with Crippen molar-refractivity contribution in [3.8, 4) is 0 Å². The van der Waals surface area contributed by atoms with E-state index < -0.39 is 13.7 Å². The highest BCUT2D eigenvalue weighted by Crippen LogP contribution is 2.46. The van der Waals surface area contributed by atoms with E-state index in [1.165, 1.54) is 6.66 Å². The molecule has 54 valence electrons. The van der Waals surface area contributed by atoms with E-state index in [1.807, 2.05) is 0 Å². The van der Waals surface area contributed by atoms with Gasteiger partial charge in [-0.2, -0.15) is 0 Å². The first-order chi connectivity index (χ1) is 4.10. The zero-order valence-electron chi connectivity index (χ0n) is 5.11. The highest BCUT2D eigenvalue weighted by atomic mass is 31.2. The molecule has 0 radical (unpaired) electrons. The van der Waals surface area contributed by atoms with Crippen LogP contribution in [-0.2, 0) is 13.6 Å². The summed E-state index contributed by atoms with van der Waals surface area (Å²) in [7, 11) is -2.78. The van der Waals surface area contributed by atoms with Crippen molar-refractivity contribution in [2.75, 3.05) is 19.9 Å². The zero-order valence-corrected chi connectivity index (χ0v) is 6.01. The molecule has 1 rings (SSSR count). The molecule has 0 unspecified atom stereocenters. The Morgan fingerprint density at radius 2 is 2.00 bits per heavy atom. The van der Waals surface area contributed by atoms with Crippen LogP contribution < -0.4 is 0 Å². The summed E-state index contributed by atoms with van der Waals surface area (Å²) >= 11 is 0. The third-order valence-corrected chi connectivity index (χ3v) is 2.24.